The van der Waals surface area contributed by atoms with Crippen LogP contribution < -0.4 is 5.32 Å². The quantitative estimate of drug-likeness (QED) is 0.671. The molecule has 0 saturated carbocycles. The van der Waals surface area contributed by atoms with Crippen LogP contribution in [-0.2, 0) is 6.54 Å². The molecule has 2 rings (SSSR count). The summed E-state index contributed by atoms with van der Waals surface area (Å²) >= 11 is 3.35. The zero-order valence-corrected chi connectivity index (χ0v) is 10.4. The summed E-state index contributed by atoms with van der Waals surface area (Å²) in [5.74, 6) is 0. The Morgan fingerprint density at radius 3 is 2.88 bits per heavy atom. The van der Waals surface area contributed by atoms with Crippen LogP contribution in [0.3, 0.4) is 0 Å². The molecule has 88 valence electrons. The maximum absolute atomic E-state index is 10.7. The van der Waals surface area contributed by atoms with E-state index in [4.69, 9.17) is 0 Å². The Hall–Kier alpha value is -1.82. The minimum atomic E-state index is -0.410. The average Bonchev–Trinajstić information content (AvgIpc) is 2.80. The number of H-pyrrole nitrogens is 1. The first-order valence-electron chi connectivity index (χ1n) is 4.97. The van der Waals surface area contributed by atoms with Gasteiger partial charge in [-0.15, -0.1) is 0 Å². The molecule has 6 heteroatoms. The van der Waals surface area contributed by atoms with Gasteiger partial charge in [0.05, 0.1) is 17.2 Å². The number of non-ortho nitro benzene ring substituents is 1. The number of nitrogens with one attached hydrogen (secondary N) is 2. The van der Waals surface area contributed by atoms with Crippen molar-refractivity contribution in [3.8, 4) is 0 Å². The number of nitro groups is 1. The van der Waals surface area contributed by atoms with Gasteiger partial charge in [0.25, 0.3) is 5.69 Å². The van der Waals surface area contributed by atoms with E-state index in [1.54, 1.807) is 6.07 Å². The van der Waals surface area contributed by atoms with E-state index in [1.165, 1.54) is 12.1 Å². The van der Waals surface area contributed by atoms with Gasteiger partial charge in [0.2, 0.25) is 0 Å². The fraction of sp³-hybridized carbons (Fsp3) is 0.0909. The van der Waals surface area contributed by atoms with Crippen LogP contribution in [0.4, 0.5) is 11.4 Å². The third kappa shape index (κ3) is 2.85. The molecule has 1 aromatic carbocycles. The molecule has 0 atom stereocenters. The van der Waals surface area contributed by atoms with Gasteiger partial charge in [0.1, 0.15) is 0 Å². The Kier molecular flexibility index (Phi) is 3.43. The van der Waals surface area contributed by atoms with Crippen LogP contribution in [0.1, 0.15) is 5.69 Å². The molecule has 0 aliphatic carbocycles. The topological polar surface area (TPSA) is 71.0 Å². The Balaban J connectivity index is 2.14. The molecule has 0 saturated heterocycles. The SMILES string of the molecule is O=[N+]([O-])c1ccc(Br)c(NCc2ccc[nH]2)c1. The second kappa shape index (κ2) is 5.01. The monoisotopic (exact) mass is 295 g/mol. The summed E-state index contributed by atoms with van der Waals surface area (Å²) in [5, 5.41) is 13.8. The number of aromatic amines is 1. The van der Waals surface area contributed by atoms with Gasteiger partial charge < -0.3 is 10.3 Å². The molecule has 0 radical (unpaired) electrons. The normalized spacial score (nSPS) is 10.2. The molecule has 1 heterocycles. The first-order valence-corrected chi connectivity index (χ1v) is 5.76. The highest BCUT2D eigenvalue weighted by atomic mass is 79.9. The molecule has 2 aromatic rings. The maximum atomic E-state index is 10.7. The molecule has 0 aliphatic heterocycles. The predicted octanol–water partition coefficient (Wildman–Crippen LogP) is 3.30. The van der Waals surface area contributed by atoms with Crippen molar-refractivity contribution >= 4 is 27.3 Å². The van der Waals surface area contributed by atoms with E-state index in [9.17, 15) is 10.1 Å². The molecule has 1 aromatic heterocycles. The highest BCUT2D eigenvalue weighted by molar-refractivity contribution is 9.10. The lowest BCUT2D eigenvalue weighted by Gasteiger charge is -2.07. The summed E-state index contributed by atoms with van der Waals surface area (Å²) < 4.78 is 0.801. The summed E-state index contributed by atoms with van der Waals surface area (Å²) in [6.07, 6.45) is 1.83. The highest BCUT2D eigenvalue weighted by Crippen LogP contribution is 2.27. The van der Waals surface area contributed by atoms with Gasteiger partial charge in [-0.25, -0.2) is 0 Å². The van der Waals surface area contributed by atoms with Crippen molar-refractivity contribution < 1.29 is 4.92 Å². The molecule has 2 N–H and O–H groups in total. The summed E-state index contributed by atoms with van der Waals surface area (Å²) in [7, 11) is 0. The second-order valence-corrected chi connectivity index (χ2v) is 4.32. The number of halogens is 1. The Morgan fingerprint density at radius 1 is 1.41 bits per heavy atom. The van der Waals surface area contributed by atoms with Gasteiger partial charge in [0.15, 0.2) is 0 Å². The number of benzene rings is 1. The number of hydrogen-bond acceptors (Lipinski definition) is 3. The third-order valence-electron chi connectivity index (χ3n) is 2.29. The first-order chi connectivity index (χ1) is 8.16. The van der Waals surface area contributed by atoms with E-state index in [1.807, 2.05) is 18.3 Å². The minimum Gasteiger partial charge on any atom is -0.378 e. The number of aromatic nitrogens is 1. The van der Waals surface area contributed by atoms with Gasteiger partial charge in [-0.1, -0.05) is 0 Å². The van der Waals surface area contributed by atoms with Crippen LogP contribution >= 0.6 is 15.9 Å². The van der Waals surface area contributed by atoms with E-state index in [0.29, 0.717) is 12.2 Å². The minimum absolute atomic E-state index is 0.0715. The van der Waals surface area contributed by atoms with Crippen molar-refractivity contribution in [2.75, 3.05) is 5.32 Å². The summed E-state index contributed by atoms with van der Waals surface area (Å²) in [5.41, 5.74) is 1.79. The molecule has 0 fully saturated rings. The molecular weight excluding hydrogens is 286 g/mol. The van der Waals surface area contributed by atoms with Crippen LogP contribution in [0.5, 0.6) is 0 Å². The average molecular weight is 296 g/mol. The van der Waals surface area contributed by atoms with Crippen molar-refractivity contribution in [1.29, 1.82) is 0 Å². The van der Waals surface area contributed by atoms with Crippen molar-refractivity contribution in [3.05, 3.63) is 56.8 Å². The number of hydrogen-bond donors (Lipinski definition) is 2. The summed E-state index contributed by atoms with van der Waals surface area (Å²) in [4.78, 5) is 13.3. The standard InChI is InChI=1S/C11H10BrN3O2/c12-10-4-3-9(15(16)17)6-11(10)14-7-8-2-1-5-13-8/h1-6,13-14H,7H2. The molecule has 17 heavy (non-hydrogen) atoms. The van der Waals surface area contributed by atoms with E-state index in [-0.39, 0.29) is 5.69 Å². The van der Waals surface area contributed by atoms with Crippen LogP contribution in [0, 0.1) is 10.1 Å². The lowest BCUT2D eigenvalue weighted by atomic mass is 10.2. The Labute approximate surface area is 106 Å². The highest BCUT2D eigenvalue weighted by Gasteiger charge is 2.09. The van der Waals surface area contributed by atoms with E-state index >= 15 is 0 Å². The fourth-order valence-corrected chi connectivity index (χ4v) is 1.82. The van der Waals surface area contributed by atoms with Crippen molar-refractivity contribution in [2.45, 2.75) is 6.54 Å². The number of nitrogens with zero attached hydrogens (tertiary/aromatic N) is 1. The summed E-state index contributed by atoms with van der Waals surface area (Å²) in [6.45, 7) is 0.590. The van der Waals surface area contributed by atoms with E-state index < -0.39 is 4.92 Å². The molecule has 0 unspecified atom stereocenters. The Bertz CT molecular complexity index is 526. The third-order valence-corrected chi connectivity index (χ3v) is 2.98. The van der Waals surface area contributed by atoms with Gasteiger partial charge in [-0.2, -0.15) is 0 Å². The van der Waals surface area contributed by atoms with E-state index in [0.717, 1.165) is 10.2 Å². The van der Waals surface area contributed by atoms with Crippen LogP contribution in [-0.4, -0.2) is 9.91 Å². The molecular formula is C11H10BrN3O2. The zero-order valence-electron chi connectivity index (χ0n) is 8.81. The van der Waals surface area contributed by atoms with Crippen molar-refractivity contribution in [1.82, 2.24) is 4.98 Å². The van der Waals surface area contributed by atoms with Crippen LogP contribution in [0.15, 0.2) is 41.0 Å². The molecule has 0 amide bonds. The predicted molar refractivity (Wildman–Crippen MR) is 68.9 cm³/mol. The molecule has 0 aliphatic rings. The largest absolute Gasteiger partial charge is 0.378 e. The van der Waals surface area contributed by atoms with Crippen molar-refractivity contribution in [2.24, 2.45) is 0 Å². The van der Waals surface area contributed by atoms with Crippen LogP contribution in [0.25, 0.3) is 0 Å². The molecule has 5 nitrogen and oxygen atoms in total. The van der Waals surface area contributed by atoms with Crippen LogP contribution in [0.2, 0.25) is 0 Å². The summed E-state index contributed by atoms with van der Waals surface area (Å²) in [6, 6.07) is 8.48. The lowest BCUT2D eigenvalue weighted by molar-refractivity contribution is -0.384. The number of nitro benzene ring substituents is 1. The lowest BCUT2D eigenvalue weighted by Crippen LogP contribution is -2.01. The molecule has 0 spiro atoms. The maximum Gasteiger partial charge on any atom is 0.271 e. The fourth-order valence-electron chi connectivity index (χ4n) is 1.43. The number of anilines is 1. The number of rotatable bonds is 4. The van der Waals surface area contributed by atoms with Gasteiger partial charge in [-0.3, -0.25) is 10.1 Å². The van der Waals surface area contributed by atoms with Crippen molar-refractivity contribution in [3.63, 3.8) is 0 Å². The smallest absolute Gasteiger partial charge is 0.271 e. The molecule has 0 bridgehead atoms. The van der Waals surface area contributed by atoms with Gasteiger partial charge in [0, 0.05) is 28.5 Å². The van der Waals surface area contributed by atoms with E-state index in [2.05, 4.69) is 26.2 Å². The van der Waals surface area contributed by atoms with Gasteiger partial charge >= 0.3 is 0 Å². The Morgan fingerprint density at radius 2 is 2.24 bits per heavy atom. The zero-order chi connectivity index (χ0) is 12.3. The second-order valence-electron chi connectivity index (χ2n) is 3.47. The van der Waals surface area contributed by atoms with Gasteiger partial charge in [-0.05, 0) is 34.1 Å². The first kappa shape index (κ1) is 11.7.